The molecule has 3 aromatic carbocycles. The first-order chi connectivity index (χ1) is 19.9. The second-order valence-corrected chi connectivity index (χ2v) is 12.2. The normalized spacial score (nSPS) is 14.3. The van der Waals surface area contributed by atoms with Crippen molar-refractivity contribution in [1.82, 2.24) is 4.90 Å². The molecule has 0 aromatic heterocycles. The van der Waals surface area contributed by atoms with Crippen LogP contribution in [0.2, 0.25) is 5.02 Å². The molecule has 0 aliphatic carbocycles. The first-order valence-corrected chi connectivity index (χ1v) is 15.1. The Kier molecular flexibility index (Phi) is 9.50. The molecular weight excluding hydrogens is 604 g/mol. The molecule has 1 saturated heterocycles. The minimum atomic E-state index is -4.32. The number of methoxy groups -OCH3 is 1. The zero-order valence-corrected chi connectivity index (χ0v) is 25.5. The van der Waals surface area contributed by atoms with Gasteiger partial charge in [-0.05, 0) is 90.8 Å². The van der Waals surface area contributed by atoms with Crippen molar-refractivity contribution in [1.29, 1.82) is 0 Å². The number of amides is 3. The summed E-state index contributed by atoms with van der Waals surface area (Å²) in [7, 11) is -3.01. The molecule has 42 heavy (non-hydrogen) atoms. The molecule has 0 saturated carbocycles. The topological polar surface area (TPSA) is 128 Å². The van der Waals surface area contributed by atoms with Gasteiger partial charge in [-0.3, -0.25) is 19.3 Å². The molecule has 0 bridgehead atoms. The van der Waals surface area contributed by atoms with Crippen LogP contribution in [0.3, 0.4) is 0 Å². The highest BCUT2D eigenvalue weighted by Gasteiger charge is 2.35. The lowest BCUT2D eigenvalue weighted by atomic mass is 10.1. The number of carbonyl (C=O) groups is 3. The molecule has 1 N–H and O–H groups in total. The quantitative estimate of drug-likeness (QED) is 0.218. The Balaban J connectivity index is 1.49. The van der Waals surface area contributed by atoms with Crippen molar-refractivity contribution < 1.29 is 36.5 Å². The Bertz CT molecular complexity index is 1690. The molecular formula is C29H27ClN2O8S2. The van der Waals surface area contributed by atoms with Crippen molar-refractivity contribution in [3.63, 3.8) is 0 Å². The van der Waals surface area contributed by atoms with Crippen molar-refractivity contribution in [2.45, 2.75) is 25.7 Å². The predicted octanol–water partition coefficient (Wildman–Crippen LogP) is 5.81. The monoisotopic (exact) mass is 630 g/mol. The van der Waals surface area contributed by atoms with Crippen LogP contribution in [0.1, 0.15) is 23.6 Å². The molecule has 220 valence electrons. The van der Waals surface area contributed by atoms with Gasteiger partial charge in [0, 0.05) is 12.6 Å². The van der Waals surface area contributed by atoms with E-state index in [1.54, 1.807) is 0 Å². The number of benzene rings is 3. The summed E-state index contributed by atoms with van der Waals surface area (Å²) in [5, 5.41) is 2.01. The third-order valence-corrected chi connectivity index (χ3v) is 8.42. The van der Waals surface area contributed by atoms with Crippen molar-refractivity contribution in [3.8, 4) is 17.2 Å². The molecule has 1 heterocycles. The van der Waals surface area contributed by atoms with Gasteiger partial charge in [-0.1, -0.05) is 23.7 Å². The van der Waals surface area contributed by atoms with E-state index in [-0.39, 0.29) is 45.4 Å². The fourth-order valence-electron chi connectivity index (χ4n) is 3.92. The Morgan fingerprint density at radius 2 is 1.76 bits per heavy atom. The second-order valence-electron chi connectivity index (χ2n) is 9.23. The van der Waals surface area contributed by atoms with Gasteiger partial charge in [-0.15, -0.1) is 0 Å². The van der Waals surface area contributed by atoms with Crippen LogP contribution in [0.4, 0.5) is 10.5 Å². The van der Waals surface area contributed by atoms with E-state index in [0.29, 0.717) is 17.0 Å². The van der Waals surface area contributed by atoms with Crippen LogP contribution < -0.4 is 19.0 Å². The zero-order chi connectivity index (χ0) is 30.6. The summed E-state index contributed by atoms with van der Waals surface area (Å²) in [6.45, 7) is 5.39. The lowest BCUT2D eigenvalue weighted by molar-refractivity contribution is -0.123. The first-order valence-electron chi connectivity index (χ1n) is 12.5. The molecule has 0 spiro atoms. The highest BCUT2D eigenvalue weighted by Crippen LogP contribution is 2.40. The Labute approximate surface area is 252 Å². The summed E-state index contributed by atoms with van der Waals surface area (Å²) in [4.78, 5) is 37.9. The molecule has 3 amide bonds. The smallest absolute Gasteiger partial charge is 0.339 e. The van der Waals surface area contributed by atoms with Gasteiger partial charge < -0.3 is 19.0 Å². The van der Waals surface area contributed by atoms with Crippen molar-refractivity contribution in [3.05, 3.63) is 81.2 Å². The first kappa shape index (κ1) is 30.9. The molecule has 4 rings (SSSR count). The Morgan fingerprint density at radius 3 is 2.43 bits per heavy atom. The van der Waals surface area contributed by atoms with Gasteiger partial charge in [0.05, 0.1) is 23.6 Å². The minimum Gasteiger partial charge on any atom is -0.493 e. The highest BCUT2D eigenvalue weighted by molar-refractivity contribution is 8.18. The fourth-order valence-corrected chi connectivity index (χ4v) is 6.05. The largest absolute Gasteiger partial charge is 0.493 e. The van der Waals surface area contributed by atoms with Gasteiger partial charge in [0.25, 0.3) is 11.1 Å². The van der Waals surface area contributed by atoms with Crippen LogP contribution >= 0.6 is 23.4 Å². The van der Waals surface area contributed by atoms with E-state index in [1.807, 2.05) is 32.0 Å². The van der Waals surface area contributed by atoms with E-state index in [4.69, 9.17) is 25.3 Å². The van der Waals surface area contributed by atoms with E-state index >= 15 is 0 Å². The summed E-state index contributed by atoms with van der Waals surface area (Å²) in [5.74, 6) is -0.362. The number of nitrogens with zero attached hydrogens (tertiary/aromatic N) is 1. The number of ether oxygens (including phenoxy) is 2. The SMILES string of the molecule is COc1cc(/C=C2\SC(=O)N(CCOc3cc(C)ccc3C)C2=O)cc(Cl)c1OS(=O)(=O)c1ccc(NC(C)=O)cc1. The van der Waals surface area contributed by atoms with Crippen LogP contribution in [0.25, 0.3) is 6.08 Å². The predicted molar refractivity (Wildman–Crippen MR) is 161 cm³/mol. The summed E-state index contributed by atoms with van der Waals surface area (Å²) in [5.41, 5.74) is 2.78. The van der Waals surface area contributed by atoms with Crippen LogP contribution in [0, 0.1) is 13.8 Å². The molecule has 0 unspecified atom stereocenters. The van der Waals surface area contributed by atoms with E-state index in [2.05, 4.69) is 5.32 Å². The molecule has 0 atom stereocenters. The third-order valence-electron chi connectivity index (χ3n) is 6.00. The molecule has 13 heteroatoms. The Hall–Kier alpha value is -4.00. The number of hydrogen-bond acceptors (Lipinski definition) is 9. The molecule has 0 radical (unpaired) electrons. The number of thioether (sulfide) groups is 1. The number of hydrogen-bond donors (Lipinski definition) is 1. The molecule has 3 aromatic rings. The van der Waals surface area contributed by atoms with Crippen LogP contribution in [-0.2, 0) is 19.7 Å². The zero-order valence-electron chi connectivity index (χ0n) is 23.1. The lowest BCUT2D eigenvalue weighted by Gasteiger charge is -2.15. The number of aryl methyl sites for hydroxylation is 2. The minimum absolute atomic E-state index is 0.00616. The maximum absolute atomic E-state index is 13.0. The van der Waals surface area contributed by atoms with E-state index in [0.717, 1.165) is 27.8 Å². The van der Waals surface area contributed by atoms with Crippen molar-refractivity contribution in [2.75, 3.05) is 25.6 Å². The summed E-state index contributed by atoms with van der Waals surface area (Å²) in [6.07, 6.45) is 1.46. The van der Waals surface area contributed by atoms with Gasteiger partial charge in [-0.2, -0.15) is 8.42 Å². The average molecular weight is 631 g/mol. The summed E-state index contributed by atoms with van der Waals surface area (Å²) in [6, 6.07) is 14.0. The van der Waals surface area contributed by atoms with Gasteiger partial charge in [0.15, 0.2) is 5.75 Å². The van der Waals surface area contributed by atoms with Gasteiger partial charge in [0.2, 0.25) is 11.7 Å². The number of nitrogens with one attached hydrogen (secondary N) is 1. The van der Waals surface area contributed by atoms with Crippen LogP contribution in [0.15, 0.2) is 64.4 Å². The summed E-state index contributed by atoms with van der Waals surface area (Å²) < 4.78 is 42.2. The van der Waals surface area contributed by atoms with E-state index < -0.39 is 21.3 Å². The van der Waals surface area contributed by atoms with Crippen molar-refractivity contribution >= 4 is 62.3 Å². The number of anilines is 1. The van der Waals surface area contributed by atoms with Crippen LogP contribution in [-0.4, -0.2) is 50.6 Å². The lowest BCUT2D eigenvalue weighted by Crippen LogP contribution is -2.32. The number of rotatable bonds is 10. The Morgan fingerprint density at radius 1 is 1.05 bits per heavy atom. The molecule has 1 aliphatic rings. The summed E-state index contributed by atoms with van der Waals surface area (Å²) >= 11 is 7.16. The van der Waals surface area contributed by atoms with E-state index in [1.165, 1.54) is 56.5 Å². The second kappa shape index (κ2) is 12.9. The van der Waals surface area contributed by atoms with Gasteiger partial charge in [-0.25, -0.2) is 0 Å². The highest BCUT2D eigenvalue weighted by atomic mass is 35.5. The maximum Gasteiger partial charge on any atom is 0.339 e. The average Bonchev–Trinajstić information content (AvgIpc) is 3.19. The van der Waals surface area contributed by atoms with Crippen LogP contribution in [0.5, 0.6) is 17.2 Å². The van der Waals surface area contributed by atoms with Gasteiger partial charge >= 0.3 is 10.1 Å². The fraction of sp³-hybridized carbons (Fsp3) is 0.207. The standard InChI is InChI=1S/C29H27ClN2O8S2/c1-17-5-6-18(2)24(13-17)39-12-11-32-28(34)26(41-29(32)35)16-20-14-23(30)27(25(15-20)38-4)40-42(36,37)22-9-7-21(8-10-22)31-19(3)33/h5-10,13-16H,11-12H2,1-4H3,(H,31,33)/b26-16-. The number of imide groups is 1. The van der Waals surface area contributed by atoms with E-state index in [9.17, 15) is 22.8 Å². The third kappa shape index (κ3) is 7.25. The molecule has 10 nitrogen and oxygen atoms in total. The number of carbonyl (C=O) groups excluding carboxylic acids is 3. The van der Waals surface area contributed by atoms with Crippen molar-refractivity contribution in [2.24, 2.45) is 0 Å². The number of halogens is 1. The molecule has 1 aliphatic heterocycles. The molecule has 1 fully saturated rings. The maximum atomic E-state index is 13.0. The van der Waals surface area contributed by atoms with Gasteiger partial charge in [0.1, 0.15) is 17.3 Å².